The molecule has 1 atom stereocenters. The maximum absolute atomic E-state index is 12.5. The Bertz CT molecular complexity index is 872. The number of ether oxygens (including phenoxy) is 2. The van der Waals surface area contributed by atoms with Crippen LogP contribution in [0.2, 0.25) is 0 Å². The molecule has 9 heteroatoms. The van der Waals surface area contributed by atoms with Gasteiger partial charge in [-0.3, -0.25) is 9.69 Å². The minimum atomic E-state index is 0.0325. The average Bonchev–Trinajstić information content (AvgIpc) is 3.38. The number of benzene rings is 1. The van der Waals surface area contributed by atoms with Gasteiger partial charge in [0.25, 0.3) is 0 Å². The quantitative estimate of drug-likeness (QED) is 0.692. The Balaban J connectivity index is 1.31. The Morgan fingerprint density at radius 1 is 1.31 bits per heavy atom. The van der Waals surface area contributed by atoms with Crippen molar-refractivity contribution in [2.45, 2.75) is 43.9 Å². The minimum Gasteiger partial charge on any atom is -0.454 e. The monoisotopic (exact) mass is 417 g/mol. The number of piperidine rings is 1. The van der Waals surface area contributed by atoms with Gasteiger partial charge < -0.3 is 19.4 Å². The zero-order valence-electron chi connectivity index (χ0n) is 16.9. The summed E-state index contributed by atoms with van der Waals surface area (Å²) < 4.78 is 12.9. The van der Waals surface area contributed by atoms with E-state index in [4.69, 9.17) is 9.47 Å². The zero-order valence-corrected chi connectivity index (χ0v) is 17.7. The highest BCUT2D eigenvalue weighted by atomic mass is 32.2. The van der Waals surface area contributed by atoms with Crippen molar-refractivity contribution in [3.63, 3.8) is 0 Å². The summed E-state index contributed by atoms with van der Waals surface area (Å²) in [5, 5.41) is 12.7. The van der Waals surface area contributed by atoms with Crippen molar-refractivity contribution in [1.82, 2.24) is 25.0 Å². The first kappa shape index (κ1) is 20.0. The van der Waals surface area contributed by atoms with Crippen LogP contribution < -0.4 is 14.8 Å². The lowest BCUT2D eigenvalue weighted by molar-refractivity contribution is -0.122. The summed E-state index contributed by atoms with van der Waals surface area (Å²) in [5.41, 5.74) is 1.000. The summed E-state index contributed by atoms with van der Waals surface area (Å²) in [6.45, 7) is 5.89. The molecule has 1 amide bonds. The Morgan fingerprint density at radius 3 is 3.00 bits per heavy atom. The molecule has 0 unspecified atom stereocenters. The van der Waals surface area contributed by atoms with Crippen LogP contribution >= 0.6 is 11.8 Å². The first-order valence-electron chi connectivity index (χ1n) is 10.0. The summed E-state index contributed by atoms with van der Waals surface area (Å²) in [5.74, 6) is 2.88. The number of carbonyl (C=O) groups is 1. The predicted octanol–water partition coefficient (Wildman–Crippen LogP) is 2.24. The number of nitrogens with one attached hydrogen (secondary N) is 1. The Morgan fingerprint density at radius 2 is 2.17 bits per heavy atom. The van der Waals surface area contributed by atoms with E-state index in [1.165, 1.54) is 0 Å². The van der Waals surface area contributed by atoms with Gasteiger partial charge in [0.2, 0.25) is 12.7 Å². The molecular weight excluding hydrogens is 390 g/mol. The third-order valence-electron chi connectivity index (χ3n) is 5.41. The maximum Gasteiger partial charge on any atom is 0.234 e. The van der Waals surface area contributed by atoms with Crippen molar-refractivity contribution in [2.75, 3.05) is 32.7 Å². The molecule has 1 fully saturated rings. The molecule has 1 aromatic heterocycles. The topological polar surface area (TPSA) is 81.5 Å². The van der Waals surface area contributed by atoms with E-state index in [0.29, 0.717) is 19.0 Å². The van der Waals surface area contributed by atoms with Crippen LogP contribution in [0.4, 0.5) is 0 Å². The van der Waals surface area contributed by atoms with Gasteiger partial charge in [-0.1, -0.05) is 17.8 Å². The minimum absolute atomic E-state index is 0.0325. The number of nitrogens with zero attached hydrogens (tertiary/aromatic N) is 4. The number of aromatic nitrogens is 3. The van der Waals surface area contributed by atoms with Gasteiger partial charge in [-0.25, -0.2) is 0 Å². The van der Waals surface area contributed by atoms with Crippen LogP contribution in [0.5, 0.6) is 11.5 Å². The van der Waals surface area contributed by atoms with Crippen LogP contribution in [-0.2, 0) is 17.9 Å². The third-order valence-corrected chi connectivity index (χ3v) is 6.08. The van der Waals surface area contributed by atoms with Gasteiger partial charge in [0.1, 0.15) is 5.82 Å². The van der Waals surface area contributed by atoms with Crippen molar-refractivity contribution in [3.8, 4) is 11.5 Å². The second kappa shape index (κ2) is 9.04. The number of likely N-dealkylation sites (tertiary alicyclic amines) is 1. The molecule has 8 nitrogen and oxygen atoms in total. The molecule has 0 aliphatic carbocycles. The van der Waals surface area contributed by atoms with Crippen LogP contribution in [0.1, 0.15) is 37.1 Å². The number of rotatable bonds is 7. The standard InChI is InChI=1S/C20H27N5O3S/c1-3-25-19(22-23-20(25)29-2)15-5-4-8-24(11-15)12-18(26)21-10-14-6-7-16-17(9-14)28-13-27-16/h6-7,9,15H,3-5,8,10-13H2,1-2H3,(H,21,26)/t15-/m0/s1. The fourth-order valence-corrected chi connectivity index (χ4v) is 4.54. The van der Waals surface area contributed by atoms with E-state index in [2.05, 4.69) is 31.9 Å². The molecule has 4 rings (SSSR count). The molecule has 2 aromatic rings. The fraction of sp³-hybridized carbons (Fsp3) is 0.550. The summed E-state index contributed by atoms with van der Waals surface area (Å²) in [7, 11) is 0. The summed E-state index contributed by atoms with van der Waals surface area (Å²) in [4.78, 5) is 14.7. The van der Waals surface area contributed by atoms with E-state index in [1.807, 2.05) is 24.5 Å². The molecule has 0 radical (unpaired) electrons. The normalized spacial score (nSPS) is 18.8. The highest BCUT2D eigenvalue weighted by Gasteiger charge is 2.27. The van der Waals surface area contributed by atoms with Crippen LogP contribution in [-0.4, -0.2) is 58.3 Å². The lowest BCUT2D eigenvalue weighted by Gasteiger charge is -2.31. The van der Waals surface area contributed by atoms with E-state index in [0.717, 1.165) is 60.5 Å². The van der Waals surface area contributed by atoms with Crippen LogP contribution in [0.25, 0.3) is 0 Å². The second-order valence-corrected chi connectivity index (χ2v) is 8.10. The maximum atomic E-state index is 12.5. The Labute approximate surface area is 175 Å². The van der Waals surface area contributed by atoms with Crippen molar-refractivity contribution >= 4 is 17.7 Å². The van der Waals surface area contributed by atoms with Gasteiger partial charge in [0.05, 0.1) is 6.54 Å². The SMILES string of the molecule is CCn1c(SC)nnc1[C@H]1CCCN(CC(=O)NCc2ccc3c(c2)OCO3)C1. The van der Waals surface area contributed by atoms with E-state index >= 15 is 0 Å². The van der Waals surface area contributed by atoms with Gasteiger partial charge in [0, 0.05) is 25.6 Å². The molecule has 0 spiro atoms. The van der Waals surface area contributed by atoms with Crippen LogP contribution in [0.3, 0.4) is 0 Å². The first-order chi connectivity index (χ1) is 14.2. The lowest BCUT2D eigenvalue weighted by atomic mass is 9.97. The highest BCUT2D eigenvalue weighted by molar-refractivity contribution is 7.98. The molecular formula is C20H27N5O3S. The molecule has 2 aliphatic heterocycles. The van der Waals surface area contributed by atoms with Gasteiger partial charge in [-0.05, 0) is 50.3 Å². The first-order valence-corrected chi connectivity index (χ1v) is 11.2. The summed E-state index contributed by atoms with van der Waals surface area (Å²) in [6, 6.07) is 5.75. The average molecular weight is 418 g/mol. The van der Waals surface area contributed by atoms with E-state index in [9.17, 15) is 4.79 Å². The summed E-state index contributed by atoms with van der Waals surface area (Å²) >= 11 is 1.62. The van der Waals surface area contributed by atoms with Crippen molar-refractivity contribution < 1.29 is 14.3 Å². The van der Waals surface area contributed by atoms with Gasteiger partial charge >= 0.3 is 0 Å². The third kappa shape index (κ3) is 4.51. The largest absolute Gasteiger partial charge is 0.454 e. The van der Waals surface area contributed by atoms with Gasteiger partial charge in [-0.2, -0.15) is 0 Å². The van der Waals surface area contributed by atoms with E-state index in [1.54, 1.807) is 11.8 Å². The Kier molecular flexibility index (Phi) is 6.25. The van der Waals surface area contributed by atoms with Crippen molar-refractivity contribution in [3.05, 3.63) is 29.6 Å². The second-order valence-electron chi connectivity index (χ2n) is 7.33. The molecule has 3 heterocycles. The fourth-order valence-electron chi connectivity index (χ4n) is 3.97. The lowest BCUT2D eigenvalue weighted by Crippen LogP contribution is -2.42. The molecule has 156 valence electrons. The van der Waals surface area contributed by atoms with Gasteiger partial charge in [-0.15, -0.1) is 10.2 Å². The number of thioether (sulfide) groups is 1. The predicted molar refractivity (Wildman–Crippen MR) is 110 cm³/mol. The van der Waals surface area contributed by atoms with Crippen LogP contribution in [0, 0.1) is 0 Å². The van der Waals surface area contributed by atoms with E-state index < -0.39 is 0 Å². The number of hydrogen-bond donors (Lipinski definition) is 1. The van der Waals surface area contributed by atoms with E-state index in [-0.39, 0.29) is 12.7 Å². The molecule has 29 heavy (non-hydrogen) atoms. The van der Waals surface area contributed by atoms with Gasteiger partial charge in [0.15, 0.2) is 16.7 Å². The Hall–Kier alpha value is -2.26. The van der Waals surface area contributed by atoms with Crippen LogP contribution in [0.15, 0.2) is 23.4 Å². The molecule has 1 N–H and O–H groups in total. The molecule has 0 bridgehead atoms. The molecule has 1 aromatic carbocycles. The van der Waals surface area contributed by atoms with Crippen molar-refractivity contribution in [2.24, 2.45) is 0 Å². The number of fused-ring (bicyclic) bond motifs is 1. The summed E-state index contributed by atoms with van der Waals surface area (Å²) in [6.07, 6.45) is 4.17. The number of amides is 1. The number of hydrogen-bond acceptors (Lipinski definition) is 7. The molecule has 2 aliphatic rings. The van der Waals surface area contributed by atoms with Crippen molar-refractivity contribution in [1.29, 1.82) is 0 Å². The molecule has 1 saturated heterocycles. The number of carbonyl (C=O) groups excluding carboxylic acids is 1. The smallest absolute Gasteiger partial charge is 0.234 e. The zero-order chi connectivity index (χ0) is 20.2. The molecule has 0 saturated carbocycles. The highest BCUT2D eigenvalue weighted by Crippen LogP contribution is 2.32.